The third-order valence-corrected chi connectivity index (χ3v) is 2.08. The summed E-state index contributed by atoms with van der Waals surface area (Å²) >= 11 is 5.82. The molecule has 0 radical (unpaired) electrons. The number of ether oxygens (including phenoxy) is 1. The van der Waals surface area contributed by atoms with Crippen LogP contribution in [0.3, 0.4) is 0 Å². The molecule has 0 saturated heterocycles. The molecule has 16 heavy (non-hydrogen) atoms. The van der Waals surface area contributed by atoms with Gasteiger partial charge in [-0.25, -0.2) is 9.97 Å². The van der Waals surface area contributed by atoms with Gasteiger partial charge in [0, 0.05) is 19.2 Å². The molecule has 1 N–H and O–H groups in total. The third-order valence-electron chi connectivity index (χ3n) is 1.89. The summed E-state index contributed by atoms with van der Waals surface area (Å²) < 4.78 is 5.43. The monoisotopic (exact) mass is 243 g/mol. The molecule has 1 aromatic rings. The first-order valence-electron chi connectivity index (χ1n) is 5.44. The minimum atomic E-state index is 0.288. The SMILES string of the molecule is Cc1nc(Cl)cc(NCCCOC(C)C)n1. The van der Waals surface area contributed by atoms with Crippen molar-refractivity contribution >= 4 is 17.4 Å². The second kappa shape index (κ2) is 6.66. The van der Waals surface area contributed by atoms with Crippen molar-refractivity contribution in [1.82, 2.24) is 9.97 Å². The summed E-state index contributed by atoms with van der Waals surface area (Å²) in [6.07, 6.45) is 1.23. The average Bonchev–Trinajstić information content (AvgIpc) is 2.15. The van der Waals surface area contributed by atoms with Crippen molar-refractivity contribution in [2.24, 2.45) is 0 Å². The van der Waals surface area contributed by atoms with E-state index in [4.69, 9.17) is 16.3 Å². The molecule has 0 amide bonds. The number of anilines is 1. The number of nitrogens with zero attached hydrogens (tertiary/aromatic N) is 2. The molecule has 1 aromatic heterocycles. The van der Waals surface area contributed by atoms with Gasteiger partial charge < -0.3 is 10.1 Å². The molecule has 0 aliphatic carbocycles. The second-order valence-electron chi connectivity index (χ2n) is 3.82. The van der Waals surface area contributed by atoms with Crippen molar-refractivity contribution in [3.05, 3.63) is 17.0 Å². The molecule has 0 bridgehead atoms. The molecule has 0 unspecified atom stereocenters. The number of aromatic nitrogens is 2. The van der Waals surface area contributed by atoms with Gasteiger partial charge in [0.1, 0.15) is 16.8 Å². The van der Waals surface area contributed by atoms with Crippen LogP contribution in [0.4, 0.5) is 5.82 Å². The zero-order valence-corrected chi connectivity index (χ0v) is 10.7. The molecule has 0 fully saturated rings. The predicted molar refractivity (Wildman–Crippen MR) is 66.0 cm³/mol. The number of hydrogen-bond donors (Lipinski definition) is 1. The predicted octanol–water partition coefficient (Wildman–Crippen LogP) is 2.67. The molecule has 5 heteroatoms. The molecule has 90 valence electrons. The Morgan fingerprint density at radius 2 is 2.19 bits per heavy atom. The van der Waals surface area contributed by atoms with E-state index in [0.717, 1.165) is 25.4 Å². The van der Waals surface area contributed by atoms with E-state index < -0.39 is 0 Å². The van der Waals surface area contributed by atoms with Crippen molar-refractivity contribution in [2.45, 2.75) is 33.3 Å². The molecular weight excluding hydrogens is 226 g/mol. The van der Waals surface area contributed by atoms with Crippen LogP contribution in [-0.2, 0) is 4.74 Å². The van der Waals surface area contributed by atoms with Gasteiger partial charge in [0.05, 0.1) is 6.10 Å². The zero-order chi connectivity index (χ0) is 12.0. The van der Waals surface area contributed by atoms with Crippen molar-refractivity contribution in [2.75, 3.05) is 18.5 Å². The number of nitrogens with one attached hydrogen (secondary N) is 1. The Bertz CT molecular complexity index is 311. The van der Waals surface area contributed by atoms with Crippen LogP contribution < -0.4 is 5.32 Å². The summed E-state index contributed by atoms with van der Waals surface area (Å²) in [4.78, 5) is 8.21. The van der Waals surface area contributed by atoms with Crippen LogP contribution in [-0.4, -0.2) is 29.2 Å². The molecule has 0 aliphatic rings. The average molecular weight is 244 g/mol. The van der Waals surface area contributed by atoms with Gasteiger partial charge in [0.2, 0.25) is 0 Å². The first-order chi connectivity index (χ1) is 7.58. The quantitative estimate of drug-likeness (QED) is 0.617. The second-order valence-corrected chi connectivity index (χ2v) is 4.21. The van der Waals surface area contributed by atoms with Crippen LogP contribution in [0.5, 0.6) is 0 Å². The number of rotatable bonds is 6. The van der Waals surface area contributed by atoms with Gasteiger partial charge in [-0.1, -0.05) is 11.6 Å². The Hall–Kier alpha value is -0.870. The lowest BCUT2D eigenvalue weighted by atomic mass is 10.4. The lowest BCUT2D eigenvalue weighted by molar-refractivity contribution is 0.0787. The fraction of sp³-hybridized carbons (Fsp3) is 0.636. The standard InChI is InChI=1S/C11H18ClN3O/c1-8(2)16-6-4-5-13-11-7-10(12)14-9(3)15-11/h7-8H,4-6H2,1-3H3,(H,13,14,15). The lowest BCUT2D eigenvalue weighted by Gasteiger charge is -2.08. The van der Waals surface area contributed by atoms with Crippen molar-refractivity contribution < 1.29 is 4.74 Å². The molecule has 0 saturated carbocycles. The van der Waals surface area contributed by atoms with Gasteiger partial charge in [-0.05, 0) is 27.2 Å². The minimum Gasteiger partial charge on any atom is -0.379 e. The maximum absolute atomic E-state index is 5.82. The molecule has 4 nitrogen and oxygen atoms in total. The largest absolute Gasteiger partial charge is 0.379 e. The van der Waals surface area contributed by atoms with Gasteiger partial charge in [-0.3, -0.25) is 0 Å². The van der Waals surface area contributed by atoms with Crippen LogP contribution in [0.2, 0.25) is 5.15 Å². The normalized spacial score (nSPS) is 10.8. The van der Waals surface area contributed by atoms with E-state index in [1.165, 1.54) is 0 Å². The van der Waals surface area contributed by atoms with Crippen molar-refractivity contribution in [3.63, 3.8) is 0 Å². The third kappa shape index (κ3) is 5.28. The summed E-state index contributed by atoms with van der Waals surface area (Å²) in [6, 6.07) is 1.72. The lowest BCUT2D eigenvalue weighted by Crippen LogP contribution is -2.10. The van der Waals surface area contributed by atoms with E-state index >= 15 is 0 Å². The Kier molecular flexibility index (Phi) is 5.49. The van der Waals surface area contributed by atoms with Crippen LogP contribution >= 0.6 is 11.6 Å². The first-order valence-corrected chi connectivity index (χ1v) is 5.82. The zero-order valence-electron chi connectivity index (χ0n) is 9.96. The molecule has 0 aromatic carbocycles. The highest BCUT2D eigenvalue weighted by Crippen LogP contribution is 2.10. The number of aryl methyl sites for hydroxylation is 1. The number of hydrogen-bond acceptors (Lipinski definition) is 4. The van der Waals surface area contributed by atoms with Gasteiger partial charge in [0.15, 0.2) is 0 Å². The fourth-order valence-corrected chi connectivity index (χ4v) is 1.46. The van der Waals surface area contributed by atoms with Crippen LogP contribution in [0.1, 0.15) is 26.1 Å². The Morgan fingerprint density at radius 1 is 1.44 bits per heavy atom. The fourth-order valence-electron chi connectivity index (χ4n) is 1.23. The molecular formula is C11H18ClN3O. The van der Waals surface area contributed by atoms with E-state index in [1.54, 1.807) is 6.07 Å². The van der Waals surface area contributed by atoms with Crippen molar-refractivity contribution in [1.29, 1.82) is 0 Å². The van der Waals surface area contributed by atoms with E-state index in [0.29, 0.717) is 11.0 Å². The maximum Gasteiger partial charge on any atom is 0.134 e. The van der Waals surface area contributed by atoms with E-state index in [2.05, 4.69) is 15.3 Å². The molecule has 0 aliphatic heterocycles. The smallest absolute Gasteiger partial charge is 0.134 e. The molecule has 1 heterocycles. The van der Waals surface area contributed by atoms with Gasteiger partial charge >= 0.3 is 0 Å². The summed E-state index contributed by atoms with van der Waals surface area (Å²) in [6.45, 7) is 7.45. The van der Waals surface area contributed by atoms with E-state index in [1.807, 2.05) is 20.8 Å². The van der Waals surface area contributed by atoms with Gasteiger partial charge in [-0.2, -0.15) is 0 Å². The van der Waals surface area contributed by atoms with Gasteiger partial charge in [0.25, 0.3) is 0 Å². The van der Waals surface area contributed by atoms with Crippen LogP contribution in [0.25, 0.3) is 0 Å². The molecule has 1 rings (SSSR count). The molecule has 0 atom stereocenters. The highest BCUT2D eigenvalue weighted by atomic mass is 35.5. The Labute approximate surface area is 101 Å². The summed E-state index contributed by atoms with van der Waals surface area (Å²) in [5, 5.41) is 3.65. The van der Waals surface area contributed by atoms with Crippen LogP contribution in [0.15, 0.2) is 6.07 Å². The minimum absolute atomic E-state index is 0.288. The van der Waals surface area contributed by atoms with E-state index in [-0.39, 0.29) is 6.10 Å². The highest BCUT2D eigenvalue weighted by molar-refractivity contribution is 6.29. The van der Waals surface area contributed by atoms with E-state index in [9.17, 15) is 0 Å². The van der Waals surface area contributed by atoms with Gasteiger partial charge in [-0.15, -0.1) is 0 Å². The Balaban J connectivity index is 2.26. The maximum atomic E-state index is 5.82. The summed E-state index contributed by atoms with van der Waals surface area (Å²) in [5.41, 5.74) is 0. The summed E-state index contributed by atoms with van der Waals surface area (Å²) in [5.74, 6) is 1.44. The number of halogens is 1. The highest BCUT2D eigenvalue weighted by Gasteiger charge is 1.99. The van der Waals surface area contributed by atoms with Crippen molar-refractivity contribution in [3.8, 4) is 0 Å². The summed E-state index contributed by atoms with van der Waals surface area (Å²) in [7, 11) is 0. The molecule has 0 spiro atoms. The Morgan fingerprint density at radius 3 is 2.81 bits per heavy atom. The topological polar surface area (TPSA) is 47.0 Å². The van der Waals surface area contributed by atoms with Crippen LogP contribution in [0, 0.1) is 6.92 Å². The first kappa shape index (κ1) is 13.2.